The molecule has 1 fully saturated rings. The van der Waals surface area contributed by atoms with Crippen LogP contribution < -0.4 is 5.32 Å². The zero-order valence-corrected chi connectivity index (χ0v) is 14.6. The molecule has 7 heteroatoms. The van der Waals surface area contributed by atoms with Crippen LogP contribution in [0.15, 0.2) is 42.7 Å². The van der Waals surface area contributed by atoms with Gasteiger partial charge in [0.1, 0.15) is 5.52 Å². The molecule has 0 saturated heterocycles. The molecule has 1 amide bonds. The number of carbonyl (C=O) groups is 1. The minimum absolute atomic E-state index is 0.0338. The molecule has 1 aliphatic carbocycles. The minimum atomic E-state index is -0.639. The van der Waals surface area contributed by atoms with Gasteiger partial charge in [-0.05, 0) is 42.5 Å². The summed E-state index contributed by atoms with van der Waals surface area (Å²) in [5, 5.41) is 7.63. The standard InChI is InChI=1S/C18H14Cl2FN3O/c19-12-3-1-10(2-4-12)11-7-13(8-11)23-18(25)14-9-22-24-6-5-15(20)16(21)17(14)24/h1-6,9,11,13H,7-8H2,(H,23,25). The third kappa shape index (κ3) is 2.98. The van der Waals surface area contributed by atoms with Crippen molar-refractivity contribution in [2.75, 3.05) is 0 Å². The fourth-order valence-electron chi connectivity index (χ4n) is 3.19. The highest BCUT2D eigenvalue weighted by molar-refractivity contribution is 6.31. The van der Waals surface area contributed by atoms with Gasteiger partial charge in [0.2, 0.25) is 0 Å². The van der Waals surface area contributed by atoms with Crippen LogP contribution in [0.25, 0.3) is 5.52 Å². The van der Waals surface area contributed by atoms with Gasteiger partial charge in [0, 0.05) is 17.3 Å². The van der Waals surface area contributed by atoms with Gasteiger partial charge in [0.25, 0.3) is 5.91 Å². The van der Waals surface area contributed by atoms with Gasteiger partial charge in [-0.15, -0.1) is 0 Å². The number of carbonyl (C=O) groups excluding carboxylic acids is 1. The average molecular weight is 378 g/mol. The number of fused-ring (bicyclic) bond motifs is 1. The molecule has 128 valence electrons. The normalized spacial score (nSPS) is 19.6. The van der Waals surface area contributed by atoms with E-state index in [0.29, 0.717) is 10.9 Å². The molecule has 2 heterocycles. The lowest BCUT2D eigenvalue weighted by Crippen LogP contribution is -2.43. The fourth-order valence-corrected chi connectivity index (χ4v) is 3.46. The van der Waals surface area contributed by atoms with Gasteiger partial charge >= 0.3 is 0 Å². The number of pyridine rings is 1. The molecule has 4 nitrogen and oxygen atoms in total. The summed E-state index contributed by atoms with van der Waals surface area (Å²) in [6, 6.07) is 9.22. The first-order valence-corrected chi connectivity index (χ1v) is 8.66. The van der Waals surface area contributed by atoms with Crippen molar-refractivity contribution >= 4 is 34.6 Å². The third-order valence-corrected chi connectivity index (χ3v) is 5.18. The lowest BCUT2D eigenvalue weighted by molar-refractivity contribution is 0.0910. The van der Waals surface area contributed by atoms with Gasteiger partial charge in [-0.3, -0.25) is 4.79 Å². The second-order valence-corrected chi connectivity index (χ2v) is 7.06. The molecule has 2 aromatic heterocycles. The number of rotatable bonds is 3. The number of aromatic nitrogens is 2. The Morgan fingerprint density at radius 2 is 1.92 bits per heavy atom. The minimum Gasteiger partial charge on any atom is -0.349 e. The first-order chi connectivity index (χ1) is 12.0. The molecule has 0 bridgehead atoms. The molecule has 0 unspecified atom stereocenters. The molecule has 0 atom stereocenters. The molecular weight excluding hydrogens is 364 g/mol. The molecule has 1 aromatic carbocycles. The van der Waals surface area contributed by atoms with Gasteiger partial charge < -0.3 is 5.32 Å². The number of nitrogens with zero attached hydrogens (tertiary/aromatic N) is 2. The van der Waals surface area contributed by atoms with E-state index >= 15 is 0 Å². The average Bonchev–Trinajstić information content (AvgIpc) is 3.00. The summed E-state index contributed by atoms with van der Waals surface area (Å²) < 4.78 is 15.5. The molecule has 1 N–H and O–H groups in total. The summed E-state index contributed by atoms with van der Waals surface area (Å²) in [5.41, 5.74) is 1.50. The molecule has 0 radical (unpaired) electrons. The van der Waals surface area contributed by atoms with E-state index in [1.807, 2.05) is 24.3 Å². The van der Waals surface area contributed by atoms with Gasteiger partial charge in [-0.25, -0.2) is 8.91 Å². The number of nitrogens with one attached hydrogen (secondary N) is 1. The Kier molecular flexibility index (Phi) is 4.13. The van der Waals surface area contributed by atoms with Crippen LogP contribution in [0.1, 0.15) is 34.7 Å². The molecule has 25 heavy (non-hydrogen) atoms. The number of amides is 1. The lowest BCUT2D eigenvalue weighted by Gasteiger charge is -2.36. The Bertz CT molecular complexity index is 949. The highest BCUT2D eigenvalue weighted by Gasteiger charge is 2.32. The number of hydrogen-bond acceptors (Lipinski definition) is 2. The Balaban J connectivity index is 1.45. The monoisotopic (exact) mass is 377 g/mol. The molecular formula is C18H14Cl2FN3O. The van der Waals surface area contributed by atoms with Gasteiger partial charge in [-0.2, -0.15) is 5.10 Å². The fraction of sp³-hybridized carbons (Fsp3) is 0.222. The van der Waals surface area contributed by atoms with Crippen molar-refractivity contribution in [1.82, 2.24) is 14.9 Å². The molecule has 1 aliphatic rings. The van der Waals surface area contributed by atoms with Crippen molar-refractivity contribution in [2.24, 2.45) is 0 Å². The predicted octanol–water partition coefficient (Wildman–Crippen LogP) is 4.46. The lowest BCUT2D eigenvalue weighted by atomic mass is 9.76. The van der Waals surface area contributed by atoms with Crippen molar-refractivity contribution in [2.45, 2.75) is 24.8 Å². The van der Waals surface area contributed by atoms with Crippen LogP contribution in [0.2, 0.25) is 10.0 Å². The van der Waals surface area contributed by atoms with Crippen LogP contribution in [-0.4, -0.2) is 21.6 Å². The Morgan fingerprint density at radius 1 is 1.20 bits per heavy atom. The van der Waals surface area contributed by atoms with E-state index in [0.717, 1.165) is 12.8 Å². The summed E-state index contributed by atoms with van der Waals surface area (Å²) in [6.45, 7) is 0. The van der Waals surface area contributed by atoms with Crippen LogP contribution >= 0.6 is 23.2 Å². The van der Waals surface area contributed by atoms with E-state index in [-0.39, 0.29) is 28.1 Å². The van der Waals surface area contributed by atoms with Crippen LogP contribution in [0.5, 0.6) is 0 Å². The number of benzene rings is 1. The Morgan fingerprint density at radius 3 is 2.64 bits per heavy atom. The van der Waals surface area contributed by atoms with Crippen LogP contribution in [0, 0.1) is 5.82 Å². The molecule has 1 saturated carbocycles. The predicted molar refractivity (Wildman–Crippen MR) is 94.8 cm³/mol. The van der Waals surface area contributed by atoms with Crippen LogP contribution in [0.3, 0.4) is 0 Å². The first-order valence-electron chi connectivity index (χ1n) is 7.90. The second kappa shape index (κ2) is 6.32. The summed E-state index contributed by atoms with van der Waals surface area (Å²) in [7, 11) is 0. The topological polar surface area (TPSA) is 46.4 Å². The largest absolute Gasteiger partial charge is 0.349 e. The zero-order chi connectivity index (χ0) is 17.6. The molecule has 4 rings (SSSR count). The smallest absolute Gasteiger partial charge is 0.255 e. The highest BCUT2D eigenvalue weighted by atomic mass is 35.5. The molecule has 3 aromatic rings. The van der Waals surface area contributed by atoms with Crippen LogP contribution in [-0.2, 0) is 0 Å². The summed E-state index contributed by atoms with van der Waals surface area (Å²) in [5.74, 6) is -0.576. The van der Waals surface area contributed by atoms with E-state index in [1.165, 1.54) is 28.5 Å². The quantitative estimate of drug-likeness (QED) is 0.732. The van der Waals surface area contributed by atoms with E-state index in [4.69, 9.17) is 23.2 Å². The van der Waals surface area contributed by atoms with Gasteiger partial charge in [0.15, 0.2) is 5.82 Å². The number of halogens is 3. The molecule has 0 spiro atoms. The maximum Gasteiger partial charge on any atom is 0.255 e. The van der Waals surface area contributed by atoms with Crippen molar-refractivity contribution in [3.8, 4) is 0 Å². The second-order valence-electron chi connectivity index (χ2n) is 6.22. The Hall–Kier alpha value is -2.11. The van der Waals surface area contributed by atoms with E-state index in [2.05, 4.69) is 10.4 Å². The van der Waals surface area contributed by atoms with E-state index in [9.17, 15) is 9.18 Å². The number of hydrogen-bond donors (Lipinski definition) is 1. The zero-order valence-electron chi connectivity index (χ0n) is 13.0. The van der Waals surface area contributed by atoms with Crippen molar-refractivity contribution in [3.05, 3.63) is 69.7 Å². The van der Waals surface area contributed by atoms with Gasteiger partial charge in [-0.1, -0.05) is 35.3 Å². The summed E-state index contributed by atoms with van der Waals surface area (Å²) >= 11 is 11.7. The first kappa shape index (κ1) is 16.4. The van der Waals surface area contributed by atoms with Crippen molar-refractivity contribution in [1.29, 1.82) is 0 Å². The van der Waals surface area contributed by atoms with Crippen molar-refractivity contribution < 1.29 is 9.18 Å². The van der Waals surface area contributed by atoms with Crippen molar-refractivity contribution in [3.63, 3.8) is 0 Å². The van der Waals surface area contributed by atoms with E-state index in [1.54, 1.807) is 0 Å². The third-order valence-electron chi connectivity index (χ3n) is 4.63. The summed E-state index contributed by atoms with van der Waals surface area (Å²) in [4.78, 5) is 12.5. The SMILES string of the molecule is O=C(NC1CC(c2ccc(Cl)cc2)C1)c1cnn2ccc(Cl)c(F)c12. The molecule has 0 aliphatic heterocycles. The highest BCUT2D eigenvalue weighted by Crippen LogP contribution is 2.37. The maximum atomic E-state index is 14.2. The Labute approximate surface area is 153 Å². The van der Waals surface area contributed by atoms with E-state index < -0.39 is 5.82 Å². The van der Waals surface area contributed by atoms with Gasteiger partial charge in [0.05, 0.1) is 16.8 Å². The summed E-state index contributed by atoms with van der Waals surface area (Å²) in [6.07, 6.45) is 4.57. The maximum absolute atomic E-state index is 14.2. The van der Waals surface area contributed by atoms with Crippen LogP contribution in [0.4, 0.5) is 4.39 Å².